The molecule has 0 saturated heterocycles. The third-order valence-electron chi connectivity index (χ3n) is 10.6. The second kappa shape index (κ2) is 11.3. The van der Waals surface area contributed by atoms with Crippen LogP contribution in [0.1, 0.15) is 0 Å². The fourth-order valence-electron chi connectivity index (χ4n) is 8.30. The Morgan fingerprint density at radius 1 is 0.250 bits per heavy atom. The summed E-state index contributed by atoms with van der Waals surface area (Å²) >= 11 is 0. The minimum atomic E-state index is 0.645. The van der Waals surface area contributed by atoms with Crippen LogP contribution in [0, 0.1) is 0 Å². The quantitative estimate of drug-likeness (QED) is 0.177. The van der Waals surface area contributed by atoms with E-state index in [0.717, 1.165) is 33.2 Å². The molecule has 0 unspecified atom stereocenters. The van der Waals surface area contributed by atoms with Gasteiger partial charge in [0.15, 0.2) is 17.5 Å². The van der Waals surface area contributed by atoms with Gasteiger partial charge in [0, 0.05) is 16.7 Å². The lowest BCUT2D eigenvalue weighted by molar-refractivity contribution is 1.08. The van der Waals surface area contributed by atoms with E-state index >= 15 is 0 Å². The molecule has 0 aliphatic carbocycles. The van der Waals surface area contributed by atoms with Crippen molar-refractivity contribution in [3.63, 3.8) is 0 Å². The molecule has 0 atom stereocenters. The molecule has 0 spiro atoms. The Balaban J connectivity index is 1.28. The van der Waals surface area contributed by atoms with Crippen molar-refractivity contribution >= 4 is 64.6 Å². The van der Waals surface area contributed by atoms with Crippen molar-refractivity contribution in [3.05, 3.63) is 176 Å². The molecule has 0 amide bonds. The molecule has 1 aromatic heterocycles. The van der Waals surface area contributed by atoms with Crippen LogP contribution >= 0.6 is 0 Å². The Kier molecular flexibility index (Phi) is 6.25. The number of rotatable bonds is 4. The first-order chi connectivity index (χ1) is 25.8. The fraction of sp³-hybridized carbons (Fsp3) is 0. The molecule has 11 rings (SSSR count). The number of hydrogen-bond donors (Lipinski definition) is 0. The zero-order chi connectivity index (χ0) is 34.2. The van der Waals surface area contributed by atoms with E-state index in [-0.39, 0.29) is 0 Å². The first-order valence-electron chi connectivity index (χ1n) is 17.7. The third kappa shape index (κ3) is 4.36. The van der Waals surface area contributed by atoms with E-state index in [2.05, 4.69) is 152 Å². The van der Waals surface area contributed by atoms with E-state index in [1.165, 1.54) is 59.2 Å². The predicted molar refractivity (Wildman–Crippen MR) is 218 cm³/mol. The van der Waals surface area contributed by atoms with Crippen molar-refractivity contribution in [1.82, 2.24) is 15.0 Å². The molecular formula is C49H29N3. The summed E-state index contributed by atoms with van der Waals surface area (Å²) in [5.41, 5.74) is 5.07. The van der Waals surface area contributed by atoms with Gasteiger partial charge < -0.3 is 0 Å². The van der Waals surface area contributed by atoms with Gasteiger partial charge in [0.2, 0.25) is 0 Å². The van der Waals surface area contributed by atoms with Crippen molar-refractivity contribution in [2.24, 2.45) is 0 Å². The van der Waals surface area contributed by atoms with E-state index in [1.807, 2.05) is 24.3 Å². The van der Waals surface area contributed by atoms with Crippen LogP contribution in [-0.4, -0.2) is 15.0 Å². The van der Waals surface area contributed by atoms with Gasteiger partial charge in [-0.15, -0.1) is 0 Å². The summed E-state index contributed by atoms with van der Waals surface area (Å²) in [4.78, 5) is 15.6. The van der Waals surface area contributed by atoms with Gasteiger partial charge in [-0.1, -0.05) is 164 Å². The van der Waals surface area contributed by atoms with Crippen LogP contribution in [0.25, 0.3) is 110 Å². The largest absolute Gasteiger partial charge is 0.208 e. The topological polar surface area (TPSA) is 38.7 Å². The molecule has 10 aromatic carbocycles. The van der Waals surface area contributed by atoms with E-state index in [0.29, 0.717) is 17.5 Å². The van der Waals surface area contributed by atoms with Gasteiger partial charge >= 0.3 is 0 Å². The smallest absolute Gasteiger partial charge is 0.164 e. The molecule has 3 heteroatoms. The maximum atomic E-state index is 5.29. The molecule has 0 N–H and O–H groups in total. The highest BCUT2D eigenvalue weighted by Gasteiger charge is 2.19. The maximum Gasteiger partial charge on any atom is 0.164 e. The Bertz CT molecular complexity index is 3160. The average Bonchev–Trinajstić information content (AvgIpc) is 3.22. The lowest BCUT2D eigenvalue weighted by Gasteiger charge is -2.17. The van der Waals surface area contributed by atoms with Gasteiger partial charge in [0.1, 0.15) is 0 Å². The molecule has 11 aromatic rings. The maximum absolute atomic E-state index is 5.29. The lowest BCUT2D eigenvalue weighted by atomic mass is 9.87. The average molecular weight is 660 g/mol. The molecule has 0 aliphatic heterocycles. The second-order valence-electron chi connectivity index (χ2n) is 13.5. The van der Waals surface area contributed by atoms with Crippen molar-refractivity contribution in [1.29, 1.82) is 0 Å². The first-order valence-corrected chi connectivity index (χ1v) is 17.7. The number of benzene rings is 9. The molecule has 0 saturated carbocycles. The SMILES string of the molecule is c1ccc(-c2nc(-c3cc4ccc5cccc6c7cccc8ccc9cccc(c(c3)c4c56)c9c87)nc(-c3ccccc3-c3ccccc3)n2)cc1. The highest BCUT2D eigenvalue weighted by molar-refractivity contribution is 6.37. The van der Waals surface area contributed by atoms with E-state index in [4.69, 9.17) is 15.0 Å². The standard InChI is InChI=1S/C49H29N3/c1-3-12-30(13-4-1)37-19-7-8-20-41(37)49-51-47(34-14-5-2-6-15-34)50-48(52-49)36-28-35-27-26-33-17-10-22-39-38-21-9-16-31-24-25-32-18-11-23-40(45(32)43(31)38)42(29-36)46(35)44(33)39/h1-29H. The lowest BCUT2D eigenvalue weighted by Crippen LogP contribution is -2.01. The van der Waals surface area contributed by atoms with Crippen LogP contribution in [0.15, 0.2) is 176 Å². The van der Waals surface area contributed by atoms with E-state index < -0.39 is 0 Å². The normalized spacial score (nSPS) is 11.8. The molecule has 0 aliphatic rings. The van der Waals surface area contributed by atoms with Gasteiger partial charge in [-0.05, 0) is 87.9 Å². The van der Waals surface area contributed by atoms with Crippen LogP contribution in [0.3, 0.4) is 0 Å². The highest BCUT2D eigenvalue weighted by Crippen LogP contribution is 2.44. The zero-order valence-corrected chi connectivity index (χ0v) is 28.1. The van der Waals surface area contributed by atoms with Gasteiger partial charge in [-0.3, -0.25) is 0 Å². The Morgan fingerprint density at radius 3 is 1.29 bits per heavy atom. The molecule has 3 nitrogen and oxygen atoms in total. The van der Waals surface area contributed by atoms with Crippen LogP contribution in [0.2, 0.25) is 0 Å². The van der Waals surface area contributed by atoms with Crippen LogP contribution in [0.5, 0.6) is 0 Å². The summed E-state index contributed by atoms with van der Waals surface area (Å²) in [6, 6.07) is 62.8. The summed E-state index contributed by atoms with van der Waals surface area (Å²) in [6.45, 7) is 0. The summed E-state index contributed by atoms with van der Waals surface area (Å²) < 4.78 is 0. The number of fused-ring (bicyclic) bond motifs is 2. The Morgan fingerprint density at radius 2 is 0.692 bits per heavy atom. The molecular weight excluding hydrogens is 631 g/mol. The summed E-state index contributed by atoms with van der Waals surface area (Å²) in [5.74, 6) is 1.94. The fourth-order valence-corrected chi connectivity index (χ4v) is 8.30. The molecule has 52 heavy (non-hydrogen) atoms. The van der Waals surface area contributed by atoms with Crippen LogP contribution in [-0.2, 0) is 0 Å². The van der Waals surface area contributed by atoms with Crippen molar-refractivity contribution in [2.75, 3.05) is 0 Å². The van der Waals surface area contributed by atoms with Crippen LogP contribution in [0.4, 0.5) is 0 Å². The van der Waals surface area contributed by atoms with Gasteiger partial charge in [-0.2, -0.15) is 0 Å². The minimum absolute atomic E-state index is 0.645. The highest BCUT2D eigenvalue weighted by atomic mass is 15.0. The Hall–Kier alpha value is -6.97. The third-order valence-corrected chi connectivity index (χ3v) is 10.6. The van der Waals surface area contributed by atoms with E-state index in [1.54, 1.807) is 0 Å². The van der Waals surface area contributed by atoms with Gasteiger partial charge in [0.25, 0.3) is 0 Å². The minimum Gasteiger partial charge on any atom is -0.208 e. The summed E-state index contributed by atoms with van der Waals surface area (Å²) in [6.07, 6.45) is 0. The van der Waals surface area contributed by atoms with Crippen molar-refractivity contribution < 1.29 is 0 Å². The monoisotopic (exact) mass is 659 g/mol. The van der Waals surface area contributed by atoms with Crippen molar-refractivity contribution in [3.8, 4) is 45.3 Å². The molecule has 0 bridgehead atoms. The number of hydrogen-bond acceptors (Lipinski definition) is 3. The predicted octanol–water partition coefficient (Wildman–Crippen LogP) is 12.9. The molecule has 0 radical (unpaired) electrons. The molecule has 1 heterocycles. The van der Waals surface area contributed by atoms with E-state index in [9.17, 15) is 0 Å². The number of aromatic nitrogens is 3. The molecule has 240 valence electrons. The van der Waals surface area contributed by atoms with Crippen LogP contribution < -0.4 is 0 Å². The van der Waals surface area contributed by atoms with Gasteiger partial charge in [0.05, 0.1) is 0 Å². The second-order valence-corrected chi connectivity index (χ2v) is 13.5. The zero-order valence-electron chi connectivity index (χ0n) is 28.1. The van der Waals surface area contributed by atoms with Gasteiger partial charge in [-0.25, -0.2) is 15.0 Å². The van der Waals surface area contributed by atoms with Crippen molar-refractivity contribution in [2.45, 2.75) is 0 Å². The molecule has 0 fully saturated rings. The first kappa shape index (κ1) is 28.8. The summed E-state index contributed by atoms with van der Waals surface area (Å²) in [5, 5.41) is 14.9. The number of nitrogens with zero attached hydrogens (tertiary/aromatic N) is 3. The Labute approximate surface area is 299 Å². The summed E-state index contributed by atoms with van der Waals surface area (Å²) in [7, 11) is 0.